The van der Waals surface area contributed by atoms with Crippen LogP contribution in [-0.2, 0) is 6.42 Å². The summed E-state index contributed by atoms with van der Waals surface area (Å²) in [6.07, 6.45) is 0.956. The van der Waals surface area contributed by atoms with Crippen molar-refractivity contribution >= 4 is 23.2 Å². The number of benzene rings is 2. The van der Waals surface area contributed by atoms with Crippen LogP contribution in [0.15, 0.2) is 48.5 Å². The molecule has 2 unspecified atom stereocenters. The van der Waals surface area contributed by atoms with E-state index in [9.17, 15) is 0 Å². The van der Waals surface area contributed by atoms with Crippen LogP contribution < -0.4 is 5.32 Å². The molecular formula is C17H19Cl2N. The smallest absolute Gasteiger partial charge is 0.0595 e. The van der Waals surface area contributed by atoms with E-state index in [2.05, 4.69) is 36.5 Å². The minimum atomic E-state index is 0.325. The molecule has 2 aromatic rings. The molecule has 3 heteroatoms. The number of nitrogens with one attached hydrogen (secondary N) is 1. The highest BCUT2D eigenvalue weighted by molar-refractivity contribution is 6.42. The average Bonchev–Trinajstić information content (AvgIpc) is 2.45. The molecule has 2 atom stereocenters. The second kappa shape index (κ2) is 7.12. The molecular weight excluding hydrogens is 289 g/mol. The molecule has 0 aromatic heterocycles. The maximum absolute atomic E-state index is 6.08. The minimum Gasteiger partial charge on any atom is -0.313 e. The van der Waals surface area contributed by atoms with Crippen LogP contribution in [0.25, 0.3) is 0 Å². The van der Waals surface area contributed by atoms with Crippen LogP contribution >= 0.6 is 23.2 Å². The minimum absolute atomic E-state index is 0.325. The van der Waals surface area contributed by atoms with Gasteiger partial charge in [-0.25, -0.2) is 0 Å². The van der Waals surface area contributed by atoms with E-state index in [1.54, 1.807) is 0 Å². The maximum Gasteiger partial charge on any atom is 0.0595 e. The summed E-state index contributed by atoms with van der Waals surface area (Å²) in [4.78, 5) is 0. The highest BCUT2D eigenvalue weighted by atomic mass is 35.5. The number of hydrogen-bond donors (Lipinski definition) is 1. The lowest BCUT2D eigenvalue weighted by molar-refractivity contribution is 0.409. The molecule has 0 spiro atoms. The summed E-state index contributed by atoms with van der Waals surface area (Å²) < 4.78 is 0. The summed E-state index contributed by atoms with van der Waals surface area (Å²) in [6, 6.07) is 16.7. The Bertz CT molecular complexity index is 554. The highest BCUT2D eigenvalue weighted by Gasteiger charge is 2.17. The zero-order chi connectivity index (χ0) is 14.5. The first-order valence-electron chi connectivity index (χ1n) is 6.78. The Morgan fingerprint density at radius 3 is 2.30 bits per heavy atom. The van der Waals surface area contributed by atoms with Crippen molar-refractivity contribution in [2.45, 2.75) is 19.4 Å². The van der Waals surface area contributed by atoms with Crippen LogP contribution in [0.5, 0.6) is 0 Å². The van der Waals surface area contributed by atoms with E-state index in [1.807, 2.05) is 31.3 Å². The zero-order valence-electron chi connectivity index (χ0n) is 11.7. The number of rotatable bonds is 5. The molecule has 1 N–H and O–H groups in total. The molecule has 0 saturated carbocycles. The lowest BCUT2D eigenvalue weighted by atomic mass is 9.89. The van der Waals surface area contributed by atoms with Crippen LogP contribution in [-0.4, -0.2) is 7.05 Å². The fourth-order valence-corrected chi connectivity index (χ4v) is 2.92. The van der Waals surface area contributed by atoms with Gasteiger partial charge in [-0.15, -0.1) is 0 Å². The molecule has 0 aliphatic heterocycles. The van der Waals surface area contributed by atoms with Crippen molar-refractivity contribution in [3.8, 4) is 0 Å². The van der Waals surface area contributed by atoms with Crippen LogP contribution in [0.2, 0.25) is 10.0 Å². The fourth-order valence-electron chi connectivity index (χ4n) is 2.60. The monoisotopic (exact) mass is 307 g/mol. The third-order valence-electron chi connectivity index (χ3n) is 3.58. The largest absolute Gasteiger partial charge is 0.313 e. The van der Waals surface area contributed by atoms with E-state index in [1.165, 1.54) is 11.1 Å². The lowest BCUT2D eigenvalue weighted by Crippen LogP contribution is -2.24. The maximum atomic E-state index is 6.08. The first kappa shape index (κ1) is 15.4. The van der Waals surface area contributed by atoms with E-state index < -0.39 is 0 Å². The molecule has 0 amide bonds. The first-order chi connectivity index (χ1) is 9.61. The van der Waals surface area contributed by atoms with Gasteiger partial charge in [-0.05, 0) is 42.6 Å². The van der Waals surface area contributed by atoms with Gasteiger partial charge in [0.1, 0.15) is 0 Å². The van der Waals surface area contributed by atoms with Crippen molar-refractivity contribution in [3.05, 3.63) is 69.7 Å². The molecule has 2 aromatic carbocycles. The van der Waals surface area contributed by atoms with E-state index in [0.717, 1.165) is 6.42 Å². The average molecular weight is 308 g/mol. The Morgan fingerprint density at radius 2 is 1.70 bits per heavy atom. The summed E-state index contributed by atoms with van der Waals surface area (Å²) in [7, 11) is 2.00. The predicted octanol–water partition coefficient (Wildman–Crippen LogP) is 5.13. The topological polar surface area (TPSA) is 12.0 Å². The van der Waals surface area contributed by atoms with Gasteiger partial charge in [0.25, 0.3) is 0 Å². The third kappa shape index (κ3) is 3.76. The summed E-state index contributed by atoms with van der Waals surface area (Å²) in [5.74, 6) is 0.458. The Morgan fingerprint density at radius 1 is 1.00 bits per heavy atom. The SMILES string of the molecule is CNC(c1ccccc1)C(C)Cc1ccc(Cl)c(Cl)c1. The van der Waals surface area contributed by atoms with Crippen molar-refractivity contribution < 1.29 is 0 Å². The first-order valence-corrected chi connectivity index (χ1v) is 7.53. The zero-order valence-corrected chi connectivity index (χ0v) is 13.2. The van der Waals surface area contributed by atoms with Crippen LogP contribution in [0.3, 0.4) is 0 Å². The van der Waals surface area contributed by atoms with Crippen LogP contribution in [0.4, 0.5) is 0 Å². The molecule has 0 fully saturated rings. The summed E-state index contributed by atoms with van der Waals surface area (Å²) in [6.45, 7) is 2.25. The van der Waals surface area contributed by atoms with E-state index in [-0.39, 0.29) is 0 Å². The van der Waals surface area contributed by atoms with Gasteiger partial charge >= 0.3 is 0 Å². The van der Waals surface area contributed by atoms with Gasteiger partial charge in [0.2, 0.25) is 0 Å². The second-order valence-corrected chi connectivity index (χ2v) is 5.92. The lowest BCUT2D eigenvalue weighted by Gasteiger charge is -2.24. The highest BCUT2D eigenvalue weighted by Crippen LogP contribution is 2.28. The second-order valence-electron chi connectivity index (χ2n) is 5.11. The van der Waals surface area contributed by atoms with Crippen molar-refractivity contribution in [2.24, 2.45) is 5.92 Å². The molecule has 0 saturated heterocycles. The summed E-state index contributed by atoms with van der Waals surface area (Å²) in [5.41, 5.74) is 2.52. The molecule has 0 aliphatic carbocycles. The van der Waals surface area contributed by atoms with Gasteiger partial charge in [0, 0.05) is 6.04 Å². The van der Waals surface area contributed by atoms with Gasteiger partial charge in [-0.2, -0.15) is 0 Å². The Labute approximate surface area is 130 Å². The Hall–Kier alpha value is -1.02. The fraction of sp³-hybridized carbons (Fsp3) is 0.294. The van der Waals surface area contributed by atoms with Crippen LogP contribution in [0.1, 0.15) is 24.1 Å². The van der Waals surface area contributed by atoms with E-state index in [0.29, 0.717) is 22.0 Å². The molecule has 1 nitrogen and oxygen atoms in total. The standard InChI is InChI=1S/C17H19Cl2N/c1-12(10-13-8-9-15(18)16(19)11-13)17(20-2)14-6-4-3-5-7-14/h3-9,11-12,17,20H,10H2,1-2H3. The quantitative estimate of drug-likeness (QED) is 0.807. The van der Waals surface area contributed by atoms with Gasteiger partial charge in [0.05, 0.1) is 10.0 Å². The van der Waals surface area contributed by atoms with Crippen molar-refractivity contribution in [3.63, 3.8) is 0 Å². The van der Waals surface area contributed by atoms with Gasteiger partial charge < -0.3 is 5.32 Å². The number of hydrogen-bond acceptors (Lipinski definition) is 1. The van der Waals surface area contributed by atoms with Gasteiger partial charge in [-0.3, -0.25) is 0 Å². The van der Waals surface area contributed by atoms with Crippen LogP contribution in [0, 0.1) is 5.92 Å². The van der Waals surface area contributed by atoms with E-state index >= 15 is 0 Å². The molecule has 20 heavy (non-hydrogen) atoms. The summed E-state index contributed by atoms with van der Waals surface area (Å²) >= 11 is 12.0. The molecule has 106 valence electrons. The summed E-state index contributed by atoms with van der Waals surface area (Å²) in [5, 5.41) is 4.64. The normalized spacial score (nSPS) is 14.0. The Kier molecular flexibility index (Phi) is 5.47. The van der Waals surface area contributed by atoms with Crippen molar-refractivity contribution in [1.29, 1.82) is 0 Å². The molecule has 0 aliphatic rings. The Balaban J connectivity index is 2.13. The van der Waals surface area contributed by atoms with Gasteiger partial charge in [0.15, 0.2) is 0 Å². The van der Waals surface area contributed by atoms with Crippen molar-refractivity contribution in [1.82, 2.24) is 5.32 Å². The third-order valence-corrected chi connectivity index (χ3v) is 4.32. The van der Waals surface area contributed by atoms with Gasteiger partial charge in [-0.1, -0.05) is 66.5 Å². The molecule has 2 rings (SSSR count). The molecule has 0 bridgehead atoms. The predicted molar refractivity (Wildman–Crippen MR) is 87.6 cm³/mol. The van der Waals surface area contributed by atoms with E-state index in [4.69, 9.17) is 23.2 Å². The number of halogens is 2. The van der Waals surface area contributed by atoms with Crippen molar-refractivity contribution in [2.75, 3.05) is 7.05 Å². The molecule has 0 heterocycles. The molecule has 0 radical (unpaired) electrons.